The maximum Gasteiger partial charge on any atom is 0.337 e. The van der Waals surface area contributed by atoms with Crippen molar-refractivity contribution in [3.8, 4) is 0 Å². The van der Waals surface area contributed by atoms with Gasteiger partial charge in [-0.05, 0) is 37.5 Å². The van der Waals surface area contributed by atoms with Gasteiger partial charge in [-0.3, -0.25) is 0 Å². The number of hydrogen-bond acceptors (Lipinski definition) is 5. The molecule has 8 heteroatoms. The van der Waals surface area contributed by atoms with Crippen molar-refractivity contribution in [1.29, 1.82) is 0 Å². The SMILES string of the molecule is O=C(O)c1cc(S(=O)(=O)NCCCO)ccc1NC1CCCC1. The molecule has 0 amide bonds. The zero-order valence-electron chi connectivity index (χ0n) is 12.8. The molecule has 1 aromatic carbocycles. The van der Waals surface area contributed by atoms with Gasteiger partial charge >= 0.3 is 5.97 Å². The number of carbonyl (C=O) groups is 1. The predicted octanol–water partition coefficient (Wildman–Crippen LogP) is 1.40. The number of aromatic carboxylic acids is 1. The molecule has 1 aromatic rings. The fourth-order valence-electron chi connectivity index (χ4n) is 2.65. The zero-order chi connectivity index (χ0) is 16.9. The smallest absolute Gasteiger partial charge is 0.337 e. The van der Waals surface area contributed by atoms with Gasteiger partial charge in [0.2, 0.25) is 10.0 Å². The molecule has 1 saturated carbocycles. The van der Waals surface area contributed by atoms with Crippen LogP contribution >= 0.6 is 0 Å². The highest BCUT2D eigenvalue weighted by Crippen LogP contribution is 2.26. The molecule has 4 N–H and O–H groups in total. The standard InChI is InChI=1S/C15H22N2O5S/c18-9-3-8-16-23(21,22)12-6-7-14(13(10-12)15(19)20)17-11-4-1-2-5-11/h6-7,10-11,16-18H,1-5,8-9H2,(H,19,20). The minimum atomic E-state index is -3.78. The van der Waals surface area contributed by atoms with Crippen molar-refractivity contribution in [3.05, 3.63) is 23.8 Å². The van der Waals surface area contributed by atoms with Crippen molar-refractivity contribution >= 4 is 21.7 Å². The Hall–Kier alpha value is -1.64. The highest BCUT2D eigenvalue weighted by molar-refractivity contribution is 7.89. The lowest BCUT2D eigenvalue weighted by molar-refractivity contribution is 0.0697. The van der Waals surface area contributed by atoms with E-state index in [2.05, 4.69) is 10.0 Å². The molecule has 2 rings (SSSR count). The largest absolute Gasteiger partial charge is 0.478 e. The summed E-state index contributed by atoms with van der Waals surface area (Å²) in [6.45, 7) is -0.0174. The third-order valence-electron chi connectivity index (χ3n) is 3.87. The van der Waals surface area contributed by atoms with Gasteiger partial charge in [-0.25, -0.2) is 17.9 Å². The monoisotopic (exact) mass is 342 g/mol. The molecule has 0 heterocycles. The van der Waals surface area contributed by atoms with Crippen LogP contribution in [0.5, 0.6) is 0 Å². The van der Waals surface area contributed by atoms with Gasteiger partial charge < -0.3 is 15.5 Å². The zero-order valence-corrected chi connectivity index (χ0v) is 13.6. The Bertz CT molecular complexity index is 654. The van der Waals surface area contributed by atoms with Crippen molar-refractivity contribution in [3.63, 3.8) is 0 Å². The summed E-state index contributed by atoms with van der Waals surface area (Å²) >= 11 is 0. The Balaban J connectivity index is 2.22. The Labute approximate surface area is 135 Å². The number of hydrogen-bond donors (Lipinski definition) is 4. The number of carboxylic acids is 1. The van der Waals surface area contributed by atoms with E-state index in [0.717, 1.165) is 25.7 Å². The molecule has 0 aliphatic heterocycles. The molecule has 0 atom stereocenters. The Morgan fingerprint density at radius 2 is 1.96 bits per heavy atom. The molecular formula is C15H22N2O5S. The van der Waals surface area contributed by atoms with E-state index in [1.165, 1.54) is 18.2 Å². The Morgan fingerprint density at radius 3 is 2.57 bits per heavy atom. The average molecular weight is 342 g/mol. The lowest BCUT2D eigenvalue weighted by Gasteiger charge is -2.16. The van der Waals surface area contributed by atoms with Crippen LogP contribution in [-0.2, 0) is 10.0 Å². The molecule has 0 bridgehead atoms. The van der Waals surface area contributed by atoms with Crippen LogP contribution in [0.2, 0.25) is 0 Å². The van der Waals surface area contributed by atoms with E-state index >= 15 is 0 Å². The fourth-order valence-corrected chi connectivity index (χ4v) is 3.75. The van der Waals surface area contributed by atoms with E-state index in [1.807, 2.05) is 0 Å². The second kappa shape index (κ2) is 7.76. The van der Waals surface area contributed by atoms with Gasteiger partial charge in [-0.2, -0.15) is 0 Å². The number of anilines is 1. The molecule has 0 unspecified atom stereocenters. The topological polar surface area (TPSA) is 116 Å². The first kappa shape index (κ1) is 17.7. The number of nitrogens with one attached hydrogen (secondary N) is 2. The van der Waals surface area contributed by atoms with Crippen LogP contribution in [0, 0.1) is 0 Å². The normalized spacial score (nSPS) is 15.7. The molecule has 0 aromatic heterocycles. The molecule has 1 aliphatic carbocycles. The van der Waals surface area contributed by atoms with Gasteiger partial charge in [-0.15, -0.1) is 0 Å². The average Bonchev–Trinajstić information content (AvgIpc) is 3.00. The summed E-state index contributed by atoms with van der Waals surface area (Å²) in [4.78, 5) is 11.4. The molecule has 1 aliphatic rings. The molecule has 7 nitrogen and oxygen atoms in total. The first-order valence-corrected chi connectivity index (χ1v) is 9.17. The van der Waals surface area contributed by atoms with Crippen molar-refractivity contribution in [2.24, 2.45) is 0 Å². The number of rotatable bonds is 8. The first-order valence-electron chi connectivity index (χ1n) is 7.68. The first-order chi connectivity index (χ1) is 10.9. The number of aliphatic hydroxyl groups excluding tert-OH is 1. The van der Waals surface area contributed by atoms with Gasteiger partial charge in [0, 0.05) is 24.9 Å². The molecule has 0 radical (unpaired) electrons. The molecule has 1 fully saturated rings. The van der Waals surface area contributed by atoms with Crippen molar-refractivity contribution in [1.82, 2.24) is 4.72 Å². The van der Waals surface area contributed by atoms with Crippen LogP contribution in [0.4, 0.5) is 5.69 Å². The molecule has 128 valence electrons. The van der Waals surface area contributed by atoms with E-state index in [0.29, 0.717) is 12.1 Å². The molecule has 0 spiro atoms. The van der Waals surface area contributed by atoms with Crippen molar-refractivity contribution in [2.45, 2.75) is 43.0 Å². The van der Waals surface area contributed by atoms with Crippen LogP contribution in [0.15, 0.2) is 23.1 Å². The summed E-state index contributed by atoms with van der Waals surface area (Å²) < 4.78 is 26.6. The van der Waals surface area contributed by atoms with Gasteiger partial charge in [0.15, 0.2) is 0 Å². The Kier molecular flexibility index (Phi) is 5.97. The van der Waals surface area contributed by atoms with Gasteiger partial charge in [-0.1, -0.05) is 12.8 Å². The van der Waals surface area contributed by atoms with Crippen LogP contribution in [-0.4, -0.2) is 43.8 Å². The number of sulfonamides is 1. The van der Waals surface area contributed by atoms with E-state index in [9.17, 15) is 18.3 Å². The van der Waals surface area contributed by atoms with Gasteiger partial charge in [0.1, 0.15) is 0 Å². The fraction of sp³-hybridized carbons (Fsp3) is 0.533. The van der Waals surface area contributed by atoms with Crippen LogP contribution in [0.25, 0.3) is 0 Å². The summed E-state index contributed by atoms with van der Waals surface area (Å²) in [7, 11) is -3.78. The number of aliphatic hydroxyl groups is 1. The molecule has 0 saturated heterocycles. The number of carboxylic acid groups (broad SMARTS) is 1. The molecular weight excluding hydrogens is 320 g/mol. The maximum absolute atomic E-state index is 12.1. The van der Waals surface area contributed by atoms with E-state index in [-0.39, 0.29) is 29.7 Å². The third kappa shape index (κ3) is 4.66. The third-order valence-corrected chi connectivity index (χ3v) is 5.33. The highest BCUT2D eigenvalue weighted by Gasteiger charge is 2.21. The van der Waals surface area contributed by atoms with E-state index < -0.39 is 16.0 Å². The predicted molar refractivity (Wildman–Crippen MR) is 86.2 cm³/mol. The van der Waals surface area contributed by atoms with Crippen LogP contribution < -0.4 is 10.0 Å². The van der Waals surface area contributed by atoms with Crippen molar-refractivity contribution in [2.75, 3.05) is 18.5 Å². The lowest BCUT2D eigenvalue weighted by atomic mass is 10.1. The minimum absolute atomic E-state index is 0.0538. The second-order valence-corrected chi connectivity index (χ2v) is 7.38. The van der Waals surface area contributed by atoms with E-state index in [4.69, 9.17) is 5.11 Å². The lowest BCUT2D eigenvalue weighted by Crippen LogP contribution is -2.26. The summed E-state index contributed by atoms with van der Waals surface area (Å²) in [5.41, 5.74) is 0.389. The minimum Gasteiger partial charge on any atom is -0.478 e. The molecule has 23 heavy (non-hydrogen) atoms. The van der Waals surface area contributed by atoms with Gasteiger partial charge in [0.05, 0.1) is 10.5 Å². The summed E-state index contributed by atoms with van der Waals surface area (Å²) in [5.74, 6) is -1.17. The number of benzene rings is 1. The quantitative estimate of drug-likeness (QED) is 0.531. The van der Waals surface area contributed by atoms with Gasteiger partial charge in [0.25, 0.3) is 0 Å². The van der Waals surface area contributed by atoms with Crippen LogP contribution in [0.3, 0.4) is 0 Å². The van der Waals surface area contributed by atoms with Crippen LogP contribution in [0.1, 0.15) is 42.5 Å². The summed E-state index contributed by atoms with van der Waals surface area (Å²) in [6.07, 6.45) is 4.50. The Morgan fingerprint density at radius 1 is 1.26 bits per heavy atom. The van der Waals surface area contributed by atoms with E-state index in [1.54, 1.807) is 0 Å². The highest BCUT2D eigenvalue weighted by atomic mass is 32.2. The summed E-state index contributed by atoms with van der Waals surface area (Å²) in [5, 5.41) is 21.3. The van der Waals surface area contributed by atoms with Crippen molar-refractivity contribution < 1.29 is 23.4 Å². The second-order valence-electron chi connectivity index (χ2n) is 5.61. The summed E-state index contributed by atoms with van der Waals surface area (Å²) in [6, 6.07) is 4.30. The maximum atomic E-state index is 12.1.